The fourth-order valence-corrected chi connectivity index (χ4v) is 37.1. The van der Waals surface area contributed by atoms with Crippen LogP contribution in [0.4, 0.5) is 0 Å². The van der Waals surface area contributed by atoms with Crippen molar-refractivity contribution in [2.24, 2.45) is 0 Å². The van der Waals surface area contributed by atoms with Crippen LogP contribution >= 0.6 is 0 Å². The van der Waals surface area contributed by atoms with Crippen molar-refractivity contribution in [1.82, 2.24) is 0 Å². The molecule has 0 nitrogen and oxygen atoms in total. The molecule has 16 heavy (non-hydrogen) atoms. The Hall–Kier alpha value is 0.386. The summed E-state index contributed by atoms with van der Waals surface area (Å²) in [6.07, 6.45) is 12.1. The van der Waals surface area contributed by atoms with E-state index in [0.717, 1.165) is 0 Å². The molecule has 2 aliphatic carbocycles. The van der Waals surface area contributed by atoms with Gasteiger partial charge >= 0.3 is 110 Å². The van der Waals surface area contributed by atoms with Gasteiger partial charge in [-0.15, -0.1) is 0 Å². The van der Waals surface area contributed by atoms with Gasteiger partial charge in [-0.25, -0.2) is 0 Å². The molecule has 0 aromatic carbocycles. The Morgan fingerprint density at radius 2 is 1.38 bits per heavy atom. The van der Waals surface area contributed by atoms with Crippen molar-refractivity contribution in [2.45, 2.75) is 38.2 Å². The number of hydrogen-bond donors (Lipinski definition) is 0. The van der Waals surface area contributed by atoms with Gasteiger partial charge in [0, 0.05) is 0 Å². The Kier molecular flexibility index (Phi) is 4.29. The van der Waals surface area contributed by atoms with Crippen molar-refractivity contribution in [3.05, 3.63) is 42.0 Å². The van der Waals surface area contributed by atoms with Gasteiger partial charge in [0.15, 0.2) is 0 Å². The van der Waals surface area contributed by atoms with E-state index in [9.17, 15) is 0 Å². The van der Waals surface area contributed by atoms with Gasteiger partial charge in [-0.05, 0) is 0 Å². The molecule has 0 N–H and O–H groups in total. The normalized spacial score (nSPS) is 19.6. The van der Waals surface area contributed by atoms with Crippen molar-refractivity contribution in [1.29, 1.82) is 0 Å². The maximum atomic E-state index is 2.62. The van der Waals surface area contributed by atoms with Gasteiger partial charge in [-0.1, -0.05) is 0 Å². The summed E-state index contributed by atoms with van der Waals surface area (Å²) in [6.45, 7) is 4.67. The molecule has 85 valence electrons. The summed E-state index contributed by atoms with van der Waals surface area (Å²) in [5.41, 5.74) is 3.25. The molecule has 0 heterocycles. The van der Waals surface area contributed by atoms with E-state index in [1.165, 1.54) is 12.8 Å². The Bertz CT molecular complexity index is 374. The molecule has 2 rings (SSSR count). The first-order valence-corrected chi connectivity index (χ1v) is 22.1. The third-order valence-corrected chi connectivity index (χ3v) is 35.5. The predicted octanol–water partition coefficient (Wildman–Crippen LogP) is 4.06. The molecule has 0 aromatic heterocycles. The fourth-order valence-electron chi connectivity index (χ4n) is 2.75. The molecule has 0 bridgehead atoms. The Morgan fingerprint density at radius 1 is 0.938 bits per heavy atom. The summed E-state index contributed by atoms with van der Waals surface area (Å²) in [5.74, 6) is 5.25. The minimum absolute atomic E-state index is 0.947. The summed E-state index contributed by atoms with van der Waals surface area (Å²) in [7, 11) is -0.947. The second kappa shape index (κ2) is 5.35. The third-order valence-electron chi connectivity index (χ3n) is 3.56. The molecular weight excluding hydrogens is 332 g/mol. The quantitative estimate of drug-likeness (QED) is 0.672. The van der Waals surface area contributed by atoms with Gasteiger partial charge in [0.2, 0.25) is 0 Å². The van der Waals surface area contributed by atoms with Crippen molar-refractivity contribution in [3.8, 4) is 0 Å². The van der Waals surface area contributed by atoms with Crippen LogP contribution in [0.2, 0.25) is 11.5 Å². The van der Waals surface area contributed by atoms with E-state index in [1.807, 2.05) is 6.56 Å². The van der Waals surface area contributed by atoms with Gasteiger partial charge in [-0.2, -0.15) is 0 Å². The zero-order valence-electron chi connectivity index (χ0n) is 10.8. The van der Waals surface area contributed by atoms with Gasteiger partial charge in [-0.3, -0.25) is 0 Å². The Morgan fingerprint density at radius 3 is 1.62 bits per heavy atom. The monoisotopic (exact) mass is 353 g/mol. The van der Waals surface area contributed by atoms with E-state index in [0.29, 0.717) is 0 Å². The van der Waals surface area contributed by atoms with Crippen LogP contribution < -0.4 is 0 Å². The van der Waals surface area contributed by atoms with E-state index in [-0.39, 0.29) is 0 Å². The number of hydrogen-bond acceptors (Lipinski definition) is 0. The standard InChI is InChI=1S/2C6H7.C2H7Ge.Zr/c2*1-6-4-2-3-5-6;1-3-2;/h2*2,4H,3H2,1H3;3H,1-2H3;. The topological polar surface area (TPSA) is 0 Å². The van der Waals surface area contributed by atoms with Crippen LogP contribution in [0.15, 0.2) is 42.0 Å². The second-order valence-corrected chi connectivity index (χ2v) is 36.9. The van der Waals surface area contributed by atoms with Gasteiger partial charge in [0.1, 0.15) is 0 Å². The van der Waals surface area contributed by atoms with Crippen LogP contribution in [0.1, 0.15) is 26.7 Å². The van der Waals surface area contributed by atoms with E-state index in [4.69, 9.17) is 0 Å². The molecule has 0 aromatic rings. The summed E-state index contributed by atoms with van der Waals surface area (Å²) >= 11 is -1.35. The number of allylic oxidation sites excluding steroid dienone is 8. The van der Waals surface area contributed by atoms with E-state index in [1.54, 1.807) is 11.1 Å². The average Bonchev–Trinajstić information content (AvgIpc) is 2.79. The molecule has 0 saturated carbocycles. The third kappa shape index (κ3) is 2.46. The molecule has 2 heteroatoms. The van der Waals surface area contributed by atoms with Crippen molar-refractivity contribution in [2.75, 3.05) is 0 Å². The zero-order chi connectivity index (χ0) is 11.7. The van der Waals surface area contributed by atoms with Crippen LogP contribution in [0.3, 0.4) is 0 Å². The first-order chi connectivity index (χ1) is 7.61. The van der Waals surface area contributed by atoms with Crippen molar-refractivity contribution >= 4 is 10.6 Å². The molecule has 0 spiro atoms. The zero-order valence-corrected chi connectivity index (χ0v) is 15.7. The summed E-state index contributed by atoms with van der Waals surface area (Å²) in [4.78, 5) is 0. The number of rotatable bonds is 3. The first kappa shape index (κ1) is 12.8. The van der Waals surface area contributed by atoms with E-state index >= 15 is 0 Å². The summed E-state index contributed by atoms with van der Waals surface area (Å²) < 4.78 is 3.85. The van der Waals surface area contributed by atoms with Crippen LogP contribution in [0, 0.1) is 0 Å². The predicted molar refractivity (Wildman–Crippen MR) is 71.8 cm³/mol. The SMILES string of the molecule is CC1=[C]([Zr]([C]2=C(C)C=CC2)[GeH]([CH3])[CH3])CC=C1. The molecule has 0 atom stereocenters. The second-order valence-electron chi connectivity index (χ2n) is 5.10. The molecule has 2 aliphatic rings. The Balaban J connectivity index is 2.33. The van der Waals surface area contributed by atoms with Crippen LogP contribution in [-0.4, -0.2) is 10.6 Å². The molecular formula is C14H21GeZr. The van der Waals surface area contributed by atoms with Crippen molar-refractivity contribution in [3.63, 3.8) is 0 Å². The van der Waals surface area contributed by atoms with Gasteiger partial charge in [0.05, 0.1) is 0 Å². The average molecular weight is 353 g/mol. The van der Waals surface area contributed by atoms with Crippen LogP contribution in [0.25, 0.3) is 0 Å². The minimum atomic E-state index is -1.35. The summed E-state index contributed by atoms with van der Waals surface area (Å²) in [6, 6.07) is 0. The summed E-state index contributed by atoms with van der Waals surface area (Å²) in [5, 5.41) is 0. The van der Waals surface area contributed by atoms with Crippen LogP contribution in [0.5, 0.6) is 0 Å². The molecule has 0 unspecified atom stereocenters. The van der Waals surface area contributed by atoms with Gasteiger partial charge < -0.3 is 0 Å². The van der Waals surface area contributed by atoms with Crippen LogP contribution in [-0.2, 0) is 19.2 Å². The van der Waals surface area contributed by atoms with Gasteiger partial charge in [0.25, 0.3) is 0 Å². The molecule has 0 aliphatic heterocycles. The first-order valence-electron chi connectivity index (χ1n) is 6.21. The molecule has 0 saturated heterocycles. The van der Waals surface area contributed by atoms with E-state index in [2.05, 4.69) is 49.7 Å². The molecule has 0 fully saturated rings. The maximum absolute atomic E-state index is 2.62. The van der Waals surface area contributed by atoms with Crippen molar-refractivity contribution < 1.29 is 19.2 Å². The Labute approximate surface area is 109 Å². The van der Waals surface area contributed by atoms with E-state index < -0.39 is 29.8 Å². The molecule has 0 amide bonds. The molecule has 0 radical (unpaired) electrons. The fraction of sp³-hybridized carbons (Fsp3) is 0.429.